The Morgan fingerprint density at radius 2 is 1.92 bits per heavy atom. The zero-order valence-electron chi connectivity index (χ0n) is 14.1. The number of hydrogen-bond acceptors (Lipinski definition) is 3. The third-order valence-electron chi connectivity index (χ3n) is 4.45. The van der Waals surface area contributed by atoms with Crippen LogP contribution < -0.4 is 5.32 Å². The number of nitrogens with zero attached hydrogens (tertiary/aromatic N) is 1. The molecule has 1 unspecified atom stereocenters. The van der Waals surface area contributed by atoms with Gasteiger partial charge in [-0.15, -0.1) is 0 Å². The van der Waals surface area contributed by atoms with E-state index in [1.807, 2.05) is 0 Å². The van der Waals surface area contributed by atoms with Gasteiger partial charge in [-0.25, -0.2) is 12.8 Å². The van der Waals surface area contributed by atoms with Gasteiger partial charge in [0.25, 0.3) is 0 Å². The van der Waals surface area contributed by atoms with E-state index in [9.17, 15) is 17.6 Å². The zero-order valence-corrected chi connectivity index (χ0v) is 15.6. The molecule has 138 valence electrons. The summed E-state index contributed by atoms with van der Waals surface area (Å²) in [5, 5.41) is 3.08. The SMILES string of the molecule is Cc1c(F)cccc1NC(=O)C1CCCN1S(=O)(=O)c1ccc(Cl)cc1. The number of sulfonamides is 1. The molecule has 0 spiro atoms. The van der Waals surface area contributed by atoms with Crippen molar-refractivity contribution >= 4 is 33.2 Å². The van der Waals surface area contributed by atoms with Crippen molar-refractivity contribution < 1.29 is 17.6 Å². The fraction of sp³-hybridized carbons (Fsp3) is 0.278. The van der Waals surface area contributed by atoms with Gasteiger partial charge in [0.2, 0.25) is 15.9 Å². The summed E-state index contributed by atoms with van der Waals surface area (Å²) in [6, 6.07) is 9.38. The molecule has 1 fully saturated rings. The van der Waals surface area contributed by atoms with Gasteiger partial charge in [0, 0.05) is 22.8 Å². The number of carbonyl (C=O) groups excluding carboxylic acids is 1. The average Bonchev–Trinajstić information content (AvgIpc) is 3.10. The number of carbonyl (C=O) groups is 1. The summed E-state index contributed by atoms with van der Waals surface area (Å²) in [6.07, 6.45) is 0.986. The molecule has 0 radical (unpaired) electrons. The molecule has 1 amide bonds. The van der Waals surface area contributed by atoms with Crippen LogP contribution in [0.25, 0.3) is 0 Å². The van der Waals surface area contributed by atoms with Crippen molar-refractivity contribution in [3.8, 4) is 0 Å². The first-order chi connectivity index (χ1) is 12.3. The highest BCUT2D eigenvalue weighted by Crippen LogP contribution is 2.28. The van der Waals surface area contributed by atoms with Gasteiger partial charge >= 0.3 is 0 Å². The van der Waals surface area contributed by atoms with Crippen LogP contribution in [0.5, 0.6) is 0 Å². The Balaban J connectivity index is 1.84. The van der Waals surface area contributed by atoms with Gasteiger partial charge in [0.05, 0.1) is 4.90 Å². The minimum atomic E-state index is -3.82. The molecule has 26 heavy (non-hydrogen) atoms. The first kappa shape index (κ1) is 18.8. The summed E-state index contributed by atoms with van der Waals surface area (Å²) < 4.78 is 40.6. The maximum atomic E-state index is 13.7. The van der Waals surface area contributed by atoms with E-state index in [0.29, 0.717) is 29.1 Å². The van der Waals surface area contributed by atoms with Crippen LogP contribution in [0.4, 0.5) is 10.1 Å². The van der Waals surface area contributed by atoms with Crippen molar-refractivity contribution in [2.75, 3.05) is 11.9 Å². The number of nitrogens with one attached hydrogen (secondary N) is 1. The van der Waals surface area contributed by atoms with Crippen LogP contribution in [0.1, 0.15) is 18.4 Å². The van der Waals surface area contributed by atoms with Gasteiger partial charge in [-0.3, -0.25) is 4.79 Å². The largest absolute Gasteiger partial charge is 0.324 e. The predicted octanol–water partition coefficient (Wildman–Crippen LogP) is 3.58. The van der Waals surface area contributed by atoms with Crippen molar-refractivity contribution in [2.45, 2.75) is 30.7 Å². The molecular weight excluding hydrogens is 379 g/mol. The highest BCUT2D eigenvalue weighted by Gasteiger charge is 2.39. The van der Waals surface area contributed by atoms with E-state index in [-0.39, 0.29) is 11.4 Å². The minimum absolute atomic E-state index is 0.0866. The second kappa shape index (κ2) is 7.34. The van der Waals surface area contributed by atoms with Gasteiger partial charge in [-0.1, -0.05) is 17.7 Å². The van der Waals surface area contributed by atoms with Crippen molar-refractivity contribution in [2.24, 2.45) is 0 Å². The van der Waals surface area contributed by atoms with Gasteiger partial charge in [0.1, 0.15) is 11.9 Å². The molecule has 3 rings (SSSR count). The Morgan fingerprint density at radius 1 is 1.23 bits per heavy atom. The fourth-order valence-electron chi connectivity index (χ4n) is 2.99. The van der Waals surface area contributed by atoms with Crippen molar-refractivity contribution in [3.63, 3.8) is 0 Å². The van der Waals surface area contributed by atoms with Crippen LogP contribution in [0, 0.1) is 12.7 Å². The molecule has 5 nitrogen and oxygen atoms in total. The van der Waals surface area contributed by atoms with E-state index < -0.39 is 27.8 Å². The molecule has 8 heteroatoms. The Labute approximate surface area is 156 Å². The summed E-state index contributed by atoms with van der Waals surface area (Å²) in [7, 11) is -3.82. The van der Waals surface area contributed by atoms with E-state index >= 15 is 0 Å². The second-order valence-corrected chi connectivity index (χ2v) is 8.46. The molecule has 1 aliphatic rings. The van der Waals surface area contributed by atoms with E-state index in [1.165, 1.54) is 40.7 Å². The van der Waals surface area contributed by atoms with Crippen LogP contribution in [0.2, 0.25) is 5.02 Å². The molecule has 1 aliphatic heterocycles. The molecule has 0 aromatic heterocycles. The summed E-state index contributed by atoms with van der Waals surface area (Å²) in [5.74, 6) is -0.895. The number of amides is 1. The first-order valence-electron chi connectivity index (χ1n) is 8.14. The third-order valence-corrected chi connectivity index (χ3v) is 6.63. The Morgan fingerprint density at radius 3 is 2.62 bits per heavy atom. The Bertz CT molecular complexity index is 932. The second-order valence-electron chi connectivity index (χ2n) is 6.13. The molecular formula is C18H18ClFN2O3S. The number of anilines is 1. The molecule has 1 atom stereocenters. The minimum Gasteiger partial charge on any atom is -0.324 e. The summed E-state index contributed by atoms with van der Waals surface area (Å²) >= 11 is 5.82. The highest BCUT2D eigenvalue weighted by molar-refractivity contribution is 7.89. The number of halogens is 2. The van der Waals surface area contributed by atoms with Gasteiger partial charge in [-0.2, -0.15) is 4.31 Å². The lowest BCUT2D eigenvalue weighted by molar-refractivity contribution is -0.119. The number of hydrogen-bond donors (Lipinski definition) is 1. The molecule has 0 bridgehead atoms. The molecule has 2 aromatic rings. The summed E-state index contributed by atoms with van der Waals surface area (Å²) in [6.45, 7) is 1.81. The van der Waals surface area contributed by atoms with Gasteiger partial charge < -0.3 is 5.32 Å². The van der Waals surface area contributed by atoms with Crippen LogP contribution in [0.15, 0.2) is 47.4 Å². The molecule has 0 aliphatic carbocycles. The third kappa shape index (κ3) is 3.60. The highest BCUT2D eigenvalue weighted by atomic mass is 35.5. The molecule has 1 heterocycles. The van der Waals surface area contributed by atoms with Crippen LogP contribution >= 0.6 is 11.6 Å². The average molecular weight is 397 g/mol. The number of rotatable bonds is 4. The van der Waals surface area contributed by atoms with Crippen LogP contribution in [-0.4, -0.2) is 31.2 Å². The quantitative estimate of drug-likeness (QED) is 0.858. The molecule has 2 aromatic carbocycles. The molecule has 1 N–H and O–H groups in total. The predicted molar refractivity (Wildman–Crippen MR) is 98.1 cm³/mol. The van der Waals surface area contributed by atoms with Crippen LogP contribution in [0.3, 0.4) is 0 Å². The smallest absolute Gasteiger partial charge is 0.243 e. The maximum Gasteiger partial charge on any atom is 0.243 e. The summed E-state index contributed by atoms with van der Waals surface area (Å²) in [5.41, 5.74) is 0.650. The van der Waals surface area contributed by atoms with E-state index in [1.54, 1.807) is 13.0 Å². The van der Waals surface area contributed by atoms with E-state index in [4.69, 9.17) is 11.6 Å². The Kier molecular flexibility index (Phi) is 5.32. The van der Waals surface area contributed by atoms with Gasteiger partial charge in [-0.05, 0) is 56.2 Å². The lowest BCUT2D eigenvalue weighted by atomic mass is 10.1. The van der Waals surface area contributed by atoms with Crippen molar-refractivity contribution in [1.82, 2.24) is 4.31 Å². The van der Waals surface area contributed by atoms with Gasteiger partial charge in [0.15, 0.2) is 0 Å². The van der Waals surface area contributed by atoms with Crippen LogP contribution in [-0.2, 0) is 14.8 Å². The lowest BCUT2D eigenvalue weighted by Gasteiger charge is -2.23. The Hall–Kier alpha value is -1.96. The van der Waals surface area contributed by atoms with E-state index in [2.05, 4.69) is 5.32 Å². The zero-order chi connectivity index (χ0) is 18.9. The monoisotopic (exact) mass is 396 g/mol. The molecule has 0 saturated carbocycles. The number of benzene rings is 2. The van der Waals surface area contributed by atoms with E-state index in [0.717, 1.165) is 0 Å². The first-order valence-corrected chi connectivity index (χ1v) is 9.96. The lowest BCUT2D eigenvalue weighted by Crippen LogP contribution is -2.43. The van der Waals surface area contributed by atoms with Crippen molar-refractivity contribution in [1.29, 1.82) is 0 Å². The maximum absolute atomic E-state index is 13.7. The standard InChI is InChI=1S/C18H18ClFN2O3S/c1-12-15(20)4-2-5-16(12)21-18(23)17-6-3-11-22(17)26(24,25)14-9-7-13(19)8-10-14/h2,4-5,7-10,17H,3,6,11H2,1H3,(H,21,23). The normalized spacial score (nSPS) is 18.0. The summed E-state index contributed by atoms with van der Waals surface area (Å²) in [4.78, 5) is 12.7. The topological polar surface area (TPSA) is 66.5 Å². The molecule has 1 saturated heterocycles. The fourth-order valence-corrected chi connectivity index (χ4v) is 4.77. The van der Waals surface area contributed by atoms with Crippen molar-refractivity contribution in [3.05, 3.63) is 58.9 Å².